The highest BCUT2D eigenvalue weighted by Gasteiger charge is 2.31. The van der Waals surface area contributed by atoms with E-state index in [9.17, 15) is 4.39 Å². The third-order valence-electron chi connectivity index (χ3n) is 2.45. The fourth-order valence-electron chi connectivity index (χ4n) is 1.69. The van der Waals surface area contributed by atoms with E-state index in [2.05, 4.69) is 4.99 Å². The fourth-order valence-corrected chi connectivity index (χ4v) is 2.89. The largest absolute Gasteiger partial charge is 0.382 e. The van der Waals surface area contributed by atoms with Crippen LogP contribution in [0.2, 0.25) is 0 Å². The van der Waals surface area contributed by atoms with E-state index in [0.29, 0.717) is 12.2 Å². The van der Waals surface area contributed by atoms with Crippen LogP contribution < -0.4 is 0 Å². The molecule has 0 bridgehead atoms. The minimum Gasteiger partial charge on any atom is -0.382 e. The molecular formula is C12H14FNOS. The highest BCUT2D eigenvalue weighted by Crippen LogP contribution is 2.31. The summed E-state index contributed by atoms with van der Waals surface area (Å²) in [6, 6.07) is 6.74. The van der Waals surface area contributed by atoms with Crippen LogP contribution in [-0.4, -0.2) is 30.1 Å². The highest BCUT2D eigenvalue weighted by atomic mass is 32.2. The van der Waals surface area contributed by atoms with Crippen LogP contribution in [0.25, 0.3) is 0 Å². The Hall–Kier alpha value is -0.870. The molecule has 86 valence electrons. The Bertz CT molecular complexity index is 421. The van der Waals surface area contributed by atoms with Gasteiger partial charge in [-0.25, -0.2) is 4.39 Å². The third-order valence-corrected chi connectivity index (χ3v) is 3.80. The molecule has 1 aromatic rings. The van der Waals surface area contributed by atoms with Crippen LogP contribution in [0, 0.1) is 5.82 Å². The van der Waals surface area contributed by atoms with Crippen molar-refractivity contribution in [2.24, 2.45) is 4.99 Å². The molecule has 0 saturated heterocycles. The fraction of sp³-hybridized carbons (Fsp3) is 0.417. The first-order valence-electron chi connectivity index (χ1n) is 5.11. The molecule has 0 radical (unpaired) electrons. The lowest BCUT2D eigenvalue weighted by atomic mass is 10.1. The topological polar surface area (TPSA) is 21.6 Å². The van der Waals surface area contributed by atoms with E-state index in [1.807, 2.05) is 13.0 Å². The SMILES string of the molecule is COCC1(C)CSC(c2ccccc2F)=N1. The van der Waals surface area contributed by atoms with Gasteiger partial charge in [-0.3, -0.25) is 4.99 Å². The molecule has 2 rings (SSSR count). The van der Waals surface area contributed by atoms with Gasteiger partial charge in [0.2, 0.25) is 0 Å². The summed E-state index contributed by atoms with van der Waals surface area (Å²) >= 11 is 1.59. The maximum atomic E-state index is 13.6. The minimum atomic E-state index is -0.225. The second kappa shape index (κ2) is 4.55. The Morgan fingerprint density at radius 2 is 2.25 bits per heavy atom. The van der Waals surface area contributed by atoms with Crippen LogP contribution in [0.3, 0.4) is 0 Å². The number of aliphatic imine (C=N–C) groups is 1. The molecule has 0 amide bonds. The van der Waals surface area contributed by atoms with E-state index in [1.165, 1.54) is 6.07 Å². The summed E-state index contributed by atoms with van der Waals surface area (Å²) in [7, 11) is 1.66. The van der Waals surface area contributed by atoms with Crippen molar-refractivity contribution in [1.82, 2.24) is 0 Å². The van der Waals surface area contributed by atoms with Crippen molar-refractivity contribution in [2.45, 2.75) is 12.5 Å². The van der Waals surface area contributed by atoms with E-state index in [0.717, 1.165) is 10.8 Å². The summed E-state index contributed by atoms with van der Waals surface area (Å²) < 4.78 is 18.7. The highest BCUT2D eigenvalue weighted by molar-refractivity contribution is 8.14. The smallest absolute Gasteiger partial charge is 0.133 e. The molecule has 2 nitrogen and oxygen atoms in total. The Kier molecular flexibility index (Phi) is 3.30. The number of halogens is 1. The summed E-state index contributed by atoms with van der Waals surface area (Å²) in [6.45, 7) is 2.59. The predicted octanol–water partition coefficient (Wildman–Crippen LogP) is 2.72. The molecule has 0 aromatic heterocycles. The quantitative estimate of drug-likeness (QED) is 0.809. The molecule has 1 aliphatic rings. The van der Waals surface area contributed by atoms with Gasteiger partial charge in [0.25, 0.3) is 0 Å². The number of ether oxygens (including phenoxy) is 1. The van der Waals surface area contributed by atoms with Crippen molar-refractivity contribution >= 4 is 16.8 Å². The van der Waals surface area contributed by atoms with Crippen molar-refractivity contribution < 1.29 is 9.13 Å². The number of benzene rings is 1. The molecule has 1 atom stereocenters. The molecular weight excluding hydrogens is 225 g/mol. The number of rotatable bonds is 3. The Labute approximate surface area is 98.9 Å². The first-order chi connectivity index (χ1) is 7.64. The Morgan fingerprint density at radius 1 is 1.50 bits per heavy atom. The number of methoxy groups -OCH3 is 1. The molecule has 1 heterocycles. The van der Waals surface area contributed by atoms with E-state index in [1.54, 1.807) is 31.0 Å². The van der Waals surface area contributed by atoms with Gasteiger partial charge in [0.05, 0.1) is 12.1 Å². The lowest BCUT2D eigenvalue weighted by Gasteiger charge is -2.17. The van der Waals surface area contributed by atoms with Crippen molar-refractivity contribution in [2.75, 3.05) is 19.5 Å². The molecule has 1 aliphatic heterocycles. The Morgan fingerprint density at radius 3 is 2.94 bits per heavy atom. The van der Waals surface area contributed by atoms with Gasteiger partial charge in [-0.1, -0.05) is 12.1 Å². The molecule has 1 unspecified atom stereocenters. The maximum absolute atomic E-state index is 13.6. The van der Waals surface area contributed by atoms with Gasteiger partial charge < -0.3 is 4.74 Å². The van der Waals surface area contributed by atoms with Gasteiger partial charge in [-0.15, -0.1) is 11.8 Å². The van der Waals surface area contributed by atoms with E-state index >= 15 is 0 Å². The van der Waals surface area contributed by atoms with Gasteiger partial charge in [0.1, 0.15) is 10.9 Å². The van der Waals surface area contributed by atoms with Crippen molar-refractivity contribution in [1.29, 1.82) is 0 Å². The number of thioether (sulfide) groups is 1. The lowest BCUT2D eigenvalue weighted by Crippen LogP contribution is -2.28. The predicted molar refractivity (Wildman–Crippen MR) is 65.7 cm³/mol. The Balaban J connectivity index is 2.28. The average molecular weight is 239 g/mol. The van der Waals surface area contributed by atoms with E-state index in [-0.39, 0.29) is 11.4 Å². The van der Waals surface area contributed by atoms with Gasteiger partial charge in [0.15, 0.2) is 0 Å². The number of nitrogens with zero attached hydrogens (tertiary/aromatic N) is 1. The van der Waals surface area contributed by atoms with Crippen molar-refractivity contribution in [3.05, 3.63) is 35.6 Å². The standard InChI is InChI=1S/C12H14FNOS/c1-12(7-15-2)8-16-11(14-12)9-5-3-4-6-10(9)13/h3-6H,7-8H2,1-2H3. The van der Waals surface area contributed by atoms with Gasteiger partial charge >= 0.3 is 0 Å². The lowest BCUT2D eigenvalue weighted by molar-refractivity contribution is 0.153. The zero-order valence-corrected chi connectivity index (χ0v) is 10.2. The third kappa shape index (κ3) is 2.28. The normalized spacial score (nSPS) is 24.6. The zero-order chi connectivity index (χ0) is 11.6. The first kappa shape index (κ1) is 11.6. The summed E-state index contributed by atoms with van der Waals surface area (Å²) in [4.78, 5) is 4.56. The zero-order valence-electron chi connectivity index (χ0n) is 9.37. The molecule has 16 heavy (non-hydrogen) atoms. The first-order valence-corrected chi connectivity index (χ1v) is 6.10. The van der Waals surface area contributed by atoms with Crippen LogP contribution in [0.1, 0.15) is 12.5 Å². The summed E-state index contributed by atoms with van der Waals surface area (Å²) in [5.41, 5.74) is 0.365. The second-order valence-corrected chi connectivity index (χ2v) is 5.08. The molecule has 1 aromatic carbocycles. The minimum absolute atomic E-state index is 0.213. The molecule has 0 fully saturated rings. The maximum Gasteiger partial charge on any atom is 0.133 e. The van der Waals surface area contributed by atoms with Gasteiger partial charge in [-0.05, 0) is 19.1 Å². The van der Waals surface area contributed by atoms with Crippen molar-refractivity contribution in [3.8, 4) is 0 Å². The molecule has 0 saturated carbocycles. The van der Waals surface area contributed by atoms with Crippen LogP contribution >= 0.6 is 11.8 Å². The van der Waals surface area contributed by atoms with Gasteiger partial charge in [-0.2, -0.15) is 0 Å². The summed E-state index contributed by atoms with van der Waals surface area (Å²) in [6.07, 6.45) is 0. The number of hydrogen-bond donors (Lipinski definition) is 0. The summed E-state index contributed by atoms with van der Waals surface area (Å²) in [5.74, 6) is 0.625. The van der Waals surface area contributed by atoms with E-state index in [4.69, 9.17) is 4.74 Å². The van der Waals surface area contributed by atoms with Crippen LogP contribution in [-0.2, 0) is 4.74 Å². The molecule has 0 aliphatic carbocycles. The second-order valence-electron chi connectivity index (χ2n) is 4.12. The van der Waals surface area contributed by atoms with Crippen LogP contribution in [0.15, 0.2) is 29.3 Å². The average Bonchev–Trinajstić information content (AvgIpc) is 2.62. The van der Waals surface area contributed by atoms with Crippen LogP contribution in [0.5, 0.6) is 0 Å². The number of hydrogen-bond acceptors (Lipinski definition) is 3. The molecule has 4 heteroatoms. The monoisotopic (exact) mass is 239 g/mol. The molecule has 0 spiro atoms. The van der Waals surface area contributed by atoms with E-state index < -0.39 is 0 Å². The van der Waals surface area contributed by atoms with Crippen LogP contribution in [0.4, 0.5) is 4.39 Å². The van der Waals surface area contributed by atoms with Gasteiger partial charge in [0, 0.05) is 18.4 Å². The van der Waals surface area contributed by atoms with Crippen molar-refractivity contribution in [3.63, 3.8) is 0 Å². The molecule has 0 N–H and O–H groups in total. The summed E-state index contributed by atoms with van der Waals surface area (Å²) in [5, 5.41) is 0.776.